The van der Waals surface area contributed by atoms with Gasteiger partial charge in [0.05, 0.1) is 0 Å². The lowest BCUT2D eigenvalue weighted by Gasteiger charge is -2.33. The Morgan fingerprint density at radius 2 is 2.25 bits per heavy atom. The molecule has 1 aromatic carbocycles. The smallest absolute Gasteiger partial charge is 0.251 e. The molecule has 0 unspecified atom stereocenters. The number of likely N-dealkylation sites (tertiary alicyclic amines) is 1. The highest BCUT2D eigenvalue weighted by Gasteiger charge is 2.21. The number of hydrogen-bond donors (Lipinski definition) is 1. The number of carbonyl (C=O) groups is 1. The average molecular weight is 325 g/mol. The highest BCUT2D eigenvalue weighted by atomic mass is 16.1. The normalized spacial score (nSPS) is 18.9. The van der Waals surface area contributed by atoms with Gasteiger partial charge in [-0.25, -0.2) is 0 Å². The van der Waals surface area contributed by atoms with Gasteiger partial charge >= 0.3 is 0 Å². The minimum absolute atomic E-state index is 0.0211. The van der Waals surface area contributed by atoms with Crippen LogP contribution >= 0.6 is 0 Å². The van der Waals surface area contributed by atoms with Crippen LogP contribution in [0.4, 0.5) is 0 Å². The minimum Gasteiger partial charge on any atom is -0.352 e. The molecule has 4 nitrogen and oxygen atoms in total. The predicted molar refractivity (Wildman–Crippen MR) is 98.1 cm³/mol. The van der Waals surface area contributed by atoms with Crippen LogP contribution in [-0.2, 0) is 0 Å². The molecule has 1 fully saturated rings. The third-order valence-corrected chi connectivity index (χ3v) is 4.70. The molecule has 1 aromatic heterocycles. The van der Waals surface area contributed by atoms with E-state index in [1.807, 2.05) is 24.3 Å². The van der Waals surface area contributed by atoms with Gasteiger partial charge in [0.15, 0.2) is 0 Å². The molecule has 0 bridgehead atoms. The number of amides is 1. The first-order chi connectivity index (χ1) is 11.6. The second-order valence-electron chi connectivity index (χ2n) is 7.27. The predicted octanol–water partition coefficient (Wildman–Crippen LogP) is 3.33. The maximum atomic E-state index is 12.6. The summed E-state index contributed by atoms with van der Waals surface area (Å²) in [4.78, 5) is 19.3. The molecular formula is C20H27N3O. The summed E-state index contributed by atoms with van der Waals surface area (Å²) in [6, 6.07) is 7.72. The molecule has 0 saturated carbocycles. The number of benzene rings is 1. The molecule has 1 atom stereocenters. The van der Waals surface area contributed by atoms with Gasteiger partial charge in [-0.3, -0.25) is 9.78 Å². The van der Waals surface area contributed by atoms with Gasteiger partial charge in [0.1, 0.15) is 0 Å². The van der Waals surface area contributed by atoms with E-state index in [1.54, 1.807) is 12.4 Å². The van der Waals surface area contributed by atoms with Gasteiger partial charge < -0.3 is 10.2 Å². The molecule has 1 N–H and O–H groups in total. The zero-order valence-corrected chi connectivity index (χ0v) is 14.7. The average Bonchev–Trinajstić information content (AvgIpc) is 2.59. The molecule has 1 aliphatic rings. The first-order valence-electron chi connectivity index (χ1n) is 8.97. The zero-order chi connectivity index (χ0) is 16.9. The number of pyridine rings is 1. The van der Waals surface area contributed by atoms with Gasteiger partial charge in [-0.05, 0) is 48.7 Å². The van der Waals surface area contributed by atoms with E-state index in [0.29, 0.717) is 11.8 Å². The van der Waals surface area contributed by atoms with Crippen LogP contribution in [0.1, 0.15) is 37.0 Å². The fraction of sp³-hybridized carbons (Fsp3) is 0.500. The number of piperidine rings is 1. The Bertz CT molecular complexity index is 693. The monoisotopic (exact) mass is 325 g/mol. The molecule has 128 valence electrons. The van der Waals surface area contributed by atoms with Crippen molar-refractivity contribution in [2.45, 2.75) is 26.7 Å². The molecule has 2 aromatic rings. The second-order valence-corrected chi connectivity index (χ2v) is 7.27. The van der Waals surface area contributed by atoms with Gasteiger partial charge in [0.2, 0.25) is 0 Å². The Hall–Kier alpha value is -1.94. The first kappa shape index (κ1) is 16.9. The first-order valence-corrected chi connectivity index (χ1v) is 8.97. The summed E-state index contributed by atoms with van der Waals surface area (Å²) in [6.07, 6.45) is 5.97. The van der Waals surface area contributed by atoms with Crippen LogP contribution in [-0.4, -0.2) is 42.0 Å². The third-order valence-electron chi connectivity index (χ3n) is 4.70. The number of nitrogens with one attached hydrogen (secondary N) is 1. The van der Waals surface area contributed by atoms with Crippen LogP contribution in [0.2, 0.25) is 0 Å². The van der Waals surface area contributed by atoms with Gasteiger partial charge in [-0.1, -0.05) is 26.0 Å². The molecule has 1 aliphatic heterocycles. The van der Waals surface area contributed by atoms with Crippen molar-refractivity contribution in [2.75, 3.05) is 26.2 Å². The summed E-state index contributed by atoms with van der Waals surface area (Å²) in [7, 11) is 0. The largest absolute Gasteiger partial charge is 0.352 e. The third kappa shape index (κ3) is 4.12. The van der Waals surface area contributed by atoms with E-state index >= 15 is 0 Å². The standard InChI is InChI=1S/C20H27N3O/c1-15(2)13-23-10-4-5-16(14-23)11-22-20(24)19-7-3-6-17-12-21-9-8-18(17)19/h3,6-9,12,15-16H,4-5,10-11,13-14H2,1-2H3,(H,22,24)/t16-/m0/s1. The number of fused-ring (bicyclic) bond motifs is 1. The van der Waals surface area contributed by atoms with E-state index in [2.05, 4.69) is 29.0 Å². The van der Waals surface area contributed by atoms with Crippen molar-refractivity contribution in [1.29, 1.82) is 0 Å². The number of nitrogens with zero attached hydrogens (tertiary/aromatic N) is 2. The summed E-state index contributed by atoms with van der Waals surface area (Å²) in [5.74, 6) is 1.27. The quantitative estimate of drug-likeness (QED) is 0.917. The Morgan fingerprint density at radius 3 is 3.08 bits per heavy atom. The maximum absolute atomic E-state index is 12.6. The molecule has 0 aliphatic carbocycles. The van der Waals surface area contributed by atoms with Crippen LogP contribution in [0.15, 0.2) is 36.7 Å². The Labute approximate surface area is 144 Å². The molecule has 4 heteroatoms. The van der Waals surface area contributed by atoms with E-state index in [1.165, 1.54) is 19.4 Å². The fourth-order valence-electron chi connectivity index (χ4n) is 3.65. The molecule has 0 radical (unpaired) electrons. The van der Waals surface area contributed by atoms with Crippen molar-refractivity contribution >= 4 is 16.7 Å². The summed E-state index contributed by atoms with van der Waals surface area (Å²) >= 11 is 0. The second kappa shape index (κ2) is 7.75. The molecule has 1 amide bonds. The number of carbonyl (C=O) groups excluding carboxylic acids is 1. The van der Waals surface area contributed by atoms with Crippen molar-refractivity contribution in [1.82, 2.24) is 15.2 Å². The lowest BCUT2D eigenvalue weighted by atomic mass is 9.97. The number of rotatable bonds is 5. The van der Waals surface area contributed by atoms with Gasteiger partial charge in [0, 0.05) is 43.0 Å². The van der Waals surface area contributed by atoms with Gasteiger partial charge in [-0.2, -0.15) is 0 Å². The van der Waals surface area contributed by atoms with Crippen LogP contribution in [0.5, 0.6) is 0 Å². The van der Waals surface area contributed by atoms with Crippen LogP contribution in [0, 0.1) is 11.8 Å². The van der Waals surface area contributed by atoms with E-state index in [0.717, 1.165) is 36.0 Å². The van der Waals surface area contributed by atoms with E-state index in [4.69, 9.17) is 0 Å². The van der Waals surface area contributed by atoms with Crippen molar-refractivity contribution in [3.8, 4) is 0 Å². The Kier molecular flexibility index (Phi) is 5.46. The molecule has 24 heavy (non-hydrogen) atoms. The molecule has 0 spiro atoms. The highest BCUT2D eigenvalue weighted by Crippen LogP contribution is 2.19. The maximum Gasteiger partial charge on any atom is 0.251 e. The molecule has 2 heterocycles. The van der Waals surface area contributed by atoms with Crippen molar-refractivity contribution in [3.05, 3.63) is 42.2 Å². The summed E-state index contributed by atoms with van der Waals surface area (Å²) < 4.78 is 0. The topological polar surface area (TPSA) is 45.2 Å². The highest BCUT2D eigenvalue weighted by molar-refractivity contribution is 6.06. The van der Waals surface area contributed by atoms with Crippen molar-refractivity contribution in [2.24, 2.45) is 11.8 Å². The Morgan fingerprint density at radius 1 is 1.38 bits per heavy atom. The summed E-state index contributed by atoms with van der Waals surface area (Å²) in [6.45, 7) is 8.73. The zero-order valence-electron chi connectivity index (χ0n) is 14.7. The van der Waals surface area contributed by atoms with Crippen LogP contribution < -0.4 is 5.32 Å². The SMILES string of the molecule is CC(C)CN1CCC[C@@H](CNC(=O)c2cccc3cnccc23)C1. The molecular weight excluding hydrogens is 298 g/mol. The molecule has 3 rings (SSSR count). The van der Waals surface area contributed by atoms with Crippen LogP contribution in [0.3, 0.4) is 0 Å². The van der Waals surface area contributed by atoms with Gasteiger partial charge in [-0.15, -0.1) is 0 Å². The number of aromatic nitrogens is 1. The van der Waals surface area contributed by atoms with Crippen molar-refractivity contribution in [3.63, 3.8) is 0 Å². The molecule has 1 saturated heterocycles. The fourth-order valence-corrected chi connectivity index (χ4v) is 3.65. The van der Waals surface area contributed by atoms with Crippen molar-refractivity contribution < 1.29 is 4.79 Å². The van der Waals surface area contributed by atoms with E-state index in [-0.39, 0.29) is 5.91 Å². The lowest BCUT2D eigenvalue weighted by Crippen LogP contribution is -2.42. The number of hydrogen-bond acceptors (Lipinski definition) is 3. The van der Waals surface area contributed by atoms with E-state index < -0.39 is 0 Å². The van der Waals surface area contributed by atoms with Crippen LogP contribution in [0.25, 0.3) is 10.8 Å². The Balaban J connectivity index is 1.61. The summed E-state index contributed by atoms with van der Waals surface area (Å²) in [5, 5.41) is 5.12. The minimum atomic E-state index is 0.0211. The van der Waals surface area contributed by atoms with E-state index in [9.17, 15) is 4.79 Å². The lowest BCUT2D eigenvalue weighted by molar-refractivity contribution is 0.0931. The van der Waals surface area contributed by atoms with Gasteiger partial charge in [0.25, 0.3) is 5.91 Å². The summed E-state index contributed by atoms with van der Waals surface area (Å²) in [5.41, 5.74) is 0.741.